The molecule has 1 aromatic rings. The van der Waals surface area contributed by atoms with Gasteiger partial charge in [-0.15, -0.1) is 25.6 Å². The van der Waals surface area contributed by atoms with E-state index in [-0.39, 0.29) is 23.8 Å². The Bertz CT molecular complexity index is 588. The lowest BCUT2D eigenvalue weighted by atomic mass is 10.3. The highest BCUT2D eigenvalue weighted by atomic mass is 35.5. The molecular weight excluding hydrogens is 345 g/mol. The second-order valence-corrected chi connectivity index (χ2v) is 6.47. The van der Waals surface area contributed by atoms with Gasteiger partial charge in [-0.05, 0) is 25.1 Å². The highest BCUT2D eigenvalue weighted by Gasteiger charge is 2.32. The number of halogens is 4. The quantitative estimate of drug-likeness (QED) is 0.895. The molecule has 1 aliphatic heterocycles. The first-order valence-electron chi connectivity index (χ1n) is 6.36. The van der Waals surface area contributed by atoms with Crippen LogP contribution >= 0.6 is 12.4 Å². The van der Waals surface area contributed by atoms with Gasteiger partial charge in [0.2, 0.25) is 10.0 Å². The van der Waals surface area contributed by atoms with Gasteiger partial charge in [0.1, 0.15) is 5.75 Å². The smallest absolute Gasteiger partial charge is 0.406 e. The molecule has 22 heavy (non-hydrogen) atoms. The van der Waals surface area contributed by atoms with Gasteiger partial charge >= 0.3 is 6.36 Å². The number of hydrogen-bond acceptors (Lipinski definition) is 4. The largest absolute Gasteiger partial charge is 0.573 e. The van der Waals surface area contributed by atoms with Crippen LogP contribution in [-0.2, 0) is 10.0 Å². The molecular formula is C12H16ClF3N2O3S. The first-order valence-corrected chi connectivity index (χ1v) is 7.80. The summed E-state index contributed by atoms with van der Waals surface area (Å²) < 4.78 is 66.4. The minimum absolute atomic E-state index is 0. The van der Waals surface area contributed by atoms with E-state index < -0.39 is 22.1 Å². The third kappa shape index (κ3) is 5.01. The second kappa shape index (κ2) is 7.49. The molecule has 0 bridgehead atoms. The van der Waals surface area contributed by atoms with Gasteiger partial charge in [-0.2, -0.15) is 4.31 Å². The number of hydrogen-bond donors (Lipinski definition) is 1. The zero-order chi connectivity index (χ0) is 15.5. The SMILES string of the molecule is Cl.O=S(=O)(c1cccc(OC(F)(F)F)c1)N1CCCNCC1. The minimum atomic E-state index is -4.85. The molecule has 0 amide bonds. The fourth-order valence-electron chi connectivity index (χ4n) is 2.04. The summed E-state index contributed by atoms with van der Waals surface area (Å²) in [7, 11) is -3.82. The molecule has 5 nitrogen and oxygen atoms in total. The van der Waals surface area contributed by atoms with E-state index in [4.69, 9.17) is 0 Å². The van der Waals surface area contributed by atoms with E-state index in [1.54, 1.807) is 0 Å². The van der Waals surface area contributed by atoms with Crippen LogP contribution in [0, 0.1) is 0 Å². The summed E-state index contributed by atoms with van der Waals surface area (Å²) in [4.78, 5) is -0.203. The molecule has 0 saturated carbocycles. The van der Waals surface area contributed by atoms with Crippen molar-refractivity contribution in [2.45, 2.75) is 17.7 Å². The number of rotatable bonds is 3. The van der Waals surface area contributed by atoms with Gasteiger partial charge in [-0.1, -0.05) is 6.07 Å². The van der Waals surface area contributed by atoms with Crippen LogP contribution in [-0.4, -0.2) is 45.3 Å². The number of alkyl halides is 3. The Hall–Kier alpha value is -1.03. The van der Waals surface area contributed by atoms with Crippen molar-refractivity contribution >= 4 is 22.4 Å². The van der Waals surface area contributed by atoms with Gasteiger partial charge in [-0.25, -0.2) is 8.42 Å². The normalized spacial score (nSPS) is 17.4. The van der Waals surface area contributed by atoms with Gasteiger partial charge in [-0.3, -0.25) is 0 Å². The van der Waals surface area contributed by atoms with E-state index in [2.05, 4.69) is 10.1 Å². The zero-order valence-electron chi connectivity index (χ0n) is 11.5. The topological polar surface area (TPSA) is 58.6 Å². The Morgan fingerprint density at radius 1 is 1.18 bits per heavy atom. The Morgan fingerprint density at radius 2 is 1.91 bits per heavy atom. The van der Waals surface area contributed by atoms with Crippen molar-refractivity contribution < 1.29 is 26.3 Å². The second-order valence-electron chi connectivity index (χ2n) is 4.53. The van der Waals surface area contributed by atoms with E-state index >= 15 is 0 Å². The van der Waals surface area contributed by atoms with E-state index in [1.807, 2.05) is 0 Å². The van der Waals surface area contributed by atoms with Crippen molar-refractivity contribution in [1.82, 2.24) is 9.62 Å². The maximum Gasteiger partial charge on any atom is 0.573 e. The number of benzene rings is 1. The Balaban J connectivity index is 0.00000242. The highest BCUT2D eigenvalue weighted by molar-refractivity contribution is 7.89. The van der Waals surface area contributed by atoms with Crippen LogP contribution in [0.5, 0.6) is 5.75 Å². The predicted octanol–water partition coefficient (Wildman–Crippen LogP) is 1.99. The van der Waals surface area contributed by atoms with Crippen LogP contribution in [0.4, 0.5) is 13.2 Å². The molecule has 1 aliphatic rings. The highest BCUT2D eigenvalue weighted by Crippen LogP contribution is 2.26. The molecule has 1 aromatic carbocycles. The summed E-state index contributed by atoms with van der Waals surface area (Å²) in [6.45, 7) is 1.84. The monoisotopic (exact) mass is 360 g/mol. The van der Waals surface area contributed by atoms with Gasteiger partial charge in [0.15, 0.2) is 0 Å². The molecule has 1 heterocycles. The van der Waals surface area contributed by atoms with E-state index in [0.717, 1.165) is 12.1 Å². The van der Waals surface area contributed by atoms with Crippen molar-refractivity contribution in [1.29, 1.82) is 0 Å². The molecule has 0 spiro atoms. The minimum Gasteiger partial charge on any atom is -0.406 e. The fraction of sp³-hybridized carbons (Fsp3) is 0.500. The number of nitrogens with one attached hydrogen (secondary N) is 1. The maximum absolute atomic E-state index is 12.4. The van der Waals surface area contributed by atoms with Crippen molar-refractivity contribution in [3.05, 3.63) is 24.3 Å². The van der Waals surface area contributed by atoms with Crippen LogP contribution in [0.25, 0.3) is 0 Å². The predicted molar refractivity (Wildman–Crippen MR) is 76.6 cm³/mol. The molecule has 0 aromatic heterocycles. The summed E-state index contributed by atoms with van der Waals surface area (Å²) >= 11 is 0. The van der Waals surface area contributed by atoms with Gasteiger partial charge < -0.3 is 10.1 Å². The molecule has 0 unspecified atom stereocenters. The lowest BCUT2D eigenvalue weighted by Crippen LogP contribution is -2.34. The molecule has 2 rings (SSSR count). The maximum atomic E-state index is 12.4. The molecule has 0 aliphatic carbocycles. The number of nitrogens with zero attached hydrogens (tertiary/aromatic N) is 1. The zero-order valence-corrected chi connectivity index (χ0v) is 13.1. The van der Waals surface area contributed by atoms with Crippen LogP contribution in [0.1, 0.15) is 6.42 Å². The van der Waals surface area contributed by atoms with E-state index in [9.17, 15) is 21.6 Å². The lowest BCUT2D eigenvalue weighted by molar-refractivity contribution is -0.274. The average Bonchev–Trinajstić information content (AvgIpc) is 2.66. The molecule has 1 saturated heterocycles. The van der Waals surface area contributed by atoms with Crippen molar-refractivity contribution in [3.63, 3.8) is 0 Å². The van der Waals surface area contributed by atoms with Crippen molar-refractivity contribution in [2.75, 3.05) is 26.2 Å². The van der Waals surface area contributed by atoms with E-state index in [0.29, 0.717) is 26.1 Å². The third-order valence-electron chi connectivity index (χ3n) is 2.98. The summed E-state index contributed by atoms with van der Waals surface area (Å²) in [6, 6.07) is 4.44. The summed E-state index contributed by atoms with van der Waals surface area (Å²) in [5.74, 6) is -0.545. The summed E-state index contributed by atoms with van der Waals surface area (Å²) in [6.07, 6.45) is -4.20. The van der Waals surface area contributed by atoms with Crippen LogP contribution in [0.15, 0.2) is 29.2 Å². The standard InChI is InChI=1S/C12H15F3N2O3S.ClH/c13-12(14,15)20-10-3-1-4-11(9-10)21(18,19)17-7-2-5-16-6-8-17;/h1,3-4,9,16H,2,5-8H2;1H. The Labute approximate surface area is 132 Å². The van der Waals surface area contributed by atoms with Gasteiger partial charge in [0.05, 0.1) is 4.90 Å². The van der Waals surface area contributed by atoms with Crippen LogP contribution in [0.2, 0.25) is 0 Å². The first-order chi connectivity index (χ1) is 9.79. The number of sulfonamides is 1. The van der Waals surface area contributed by atoms with Crippen molar-refractivity contribution in [3.8, 4) is 5.75 Å². The summed E-state index contributed by atoms with van der Waals surface area (Å²) in [5, 5.41) is 3.06. The average molecular weight is 361 g/mol. The molecule has 126 valence electrons. The fourth-order valence-corrected chi connectivity index (χ4v) is 3.56. The van der Waals surface area contributed by atoms with Crippen molar-refractivity contribution in [2.24, 2.45) is 0 Å². The third-order valence-corrected chi connectivity index (χ3v) is 4.87. The van der Waals surface area contributed by atoms with Crippen LogP contribution in [0.3, 0.4) is 0 Å². The Morgan fingerprint density at radius 3 is 2.59 bits per heavy atom. The molecule has 1 fully saturated rings. The lowest BCUT2D eigenvalue weighted by Gasteiger charge is -2.20. The molecule has 0 atom stereocenters. The first kappa shape index (κ1) is 19.0. The Kier molecular flexibility index (Phi) is 6.48. The molecule has 0 radical (unpaired) electrons. The van der Waals surface area contributed by atoms with Gasteiger partial charge in [0.25, 0.3) is 0 Å². The van der Waals surface area contributed by atoms with Crippen LogP contribution < -0.4 is 10.1 Å². The van der Waals surface area contributed by atoms with Gasteiger partial charge in [0, 0.05) is 25.7 Å². The summed E-state index contributed by atoms with van der Waals surface area (Å²) in [5.41, 5.74) is 0. The molecule has 10 heteroatoms. The van der Waals surface area contributed by atoms with E-state index in [1.165, 1.54) is 16.4 Å². The number of ether oxygens (including phenoxy) is 1. The molecule has 1 N–H and O–H groups in total.